The molecule has 0 heterocycles. The van der Waals surface area contributed by atoms with Gasteiger partial charge in [-0.3, -0.25) is 18.6 Å². The lowest BCUT2D eigenvalue weighted by Crippen LogP contribution is -1.89. The van der Waals surface area contributed by atoms with E-state index in [1.54, 1.807) is 6.92 Å². The smallest absolute Gasteiger partial charge is 0.394 e. The second kappa shape index (κ2) is 7.38. The highest BCUT2D eigenvalue weighted by Gasteiger charge is 1.84. The number of carboxylic acids is 1. The Kier molecular flexibility index (Phi) is 11.2. The summed E-state index contributed by atoms with van der Waals surface area (Å²) in [5.41, 5.74) is 0. The number of hydrogen-bond donors (Lipinski definition) is 3. The third-order valence-electron chi connectivity index (χ3n) is 0.302. The van der Waals surface area contributed by atoms with Gasteiger partial charge in [-0.2, -0.15) is 8.42 Å². The van der Waals surface area contributed by atoms with Crippen LogP contribution in [0.25, 0.3) is 0 Å². The predicted octanol–water partition coefficient (Wildman–Crippen LogP) is -0.0193. The van der Waals surface area contributed by atoms with Crippen LogP contribution in [0.3, 0.4) is 0 Å². The van der Waals surface area contributed by atoms with E-state index in [4.69, 9.17) is 22.6 Å². The predicted molar refractivity (Wildman–Crippen MR) is 34.6 cm³/mol. The fourth-order valence-corrected chi connectivity index (χ4v) is 0. The normalized spacial score (nSPS) is 8.64. The highest BCUT2D eigenvalue weighted by atomic mass is 32.3. The van der Waals surface area contributed by atoms with E-state index in [0.717, 1.165) is 0 Å². The molecule has 0 atom stereocenters. The fraction of sp³-hybridized carbons (Fsp3) is 0.667. The van der Waals surface area contributed by atoms with Crippen LogP contribution >= 0.6 is 0 Å². The standard InChI is InChI=1S/C3H6O2.FH.H2O4S/c1-2-3(4)5;;1-5(2,3)4/h2H2,1H3,(H,4,5);1H;(H2,1,2,3,4). The van der Waals surface area contributed by atoms with E-state index in [-0.39, 0.29) is 11.1 Å². The van der Waals surface area contributed by atoms with E-state index in [1.165, 1.54) is 0 Å². The summed E-state index contributed by atoms with van der Waals surface area (Å²) >= 11 is 0. The van der Waals surface area contributed by atoms with Crippen molar-refractivity contribution in [1.29, 1.82) is 0 Å². The van der Waals surface area contributed by atoms with Gasteiger partial charge in [0.2, 0.25) is 0 Å². The molecule has 0 saturated heterocycles. The average Bonchev–Trinajstić information content (AvgIpc) is 1.61. The Morgan fingerprint density at radius 2 is 1.45 bits per heavy atom. The van der Waals surface area contributed by atoms with Crippen molar-refractivity contribution in [1.82, 2.24) is 0 Å². The molecule has 0 amide bonds. The van der Waals surface area contributed by atoms with Crippen LogP contribution < -0.4 is 0 Å². The minimum absolute atomic E-state index is 0. The number of hydrogen-bond acceptors (Lipinski definition) is 3. The largest absolute Gasteiger partial charge is 0.481 e. The van der Waals surface area contributed by atoms with Crippen LogP contribution in [0.4, 0.5) is 4.70 Å². The van der Waals surface area contributed by atoms with Gasteiger partial charge in [0, 0.05) is 6.42 Å². The van der Waals surface area contributed by atoms with Gasteiger partial charge in [0.1, 0.15) is 0 Å². The van der Waals surface area contributed by atoms with Gasteiger partial charge >= 0.3 is 16.4 Å². The second-order valence-electron chi connectivity index (χ2n) is 1.20. The number of carboxylic acid groups (broad SMARTS) is 1. The molecule has 0 aliphatic heterocycles. The molecule has 0 aromatic heterocycles. The van der Waals surface area contributed by atoms with Crippen molar-refractivity contribution >= 4 is 16.4 Å². The molecule has 11 heavy (non-hydrogen) atoms. The Balaban J connectivity index is -0.000000107. The molecule has 0 spiro atoms. The number of rotatable bonds is 1. The molecule has 70 valence electrons. The molecule has 3 N–H and O–H groups in total. The van der Waals surface area contributed by atoms with E-state index in [0.29, 0.717) is 0 Å². The van der Waals surface area contributed by atoms with Crippen molar-refractivity contribution < 1.29 is 32.1 Å². The van der Waals surface area contributed by atoms with Gasteiger partial charge in [-0.15, -0.1) is 0 Å². The first-order chi connectivity index (χ1) is 4.27. The monoisotopic (exact) mass is 192 g/mol. The first-order valence-corrected chi connectivity index (χ1v) is 3.58. The van der Waals surface area contributed by atoms with Crippen molar-refractivity contribution in [3.8, 4) is 0 Å². The molecule has 6 nitrogen and oxygen atoms in total. The fourth-order valence-electron chi connectivity index (χ4n) is 0. The zero-order valence-corrected chi connectivity index (χ0v) is 6.41. The van der Waals surface area contributed by atoms with Crippen LogP contribution in [-0.2, 0) is 15.2 Å². The maximum absolute atomic E-state index is 9.37. The zero-order valence-electron chi connectivity index (χ0n) is 5.59. The van der Waals surface area contributed by atoms with Crippen molar-refractivity contribution in [2.45, 2.75) is 13.3 Å². The topological polar surface area (TPSA) is 112 Å². The van der Waals surface area contributed by atoms with Crippen LogP contribution in [0, 0.1) is 0 Å². The summed E-state index contributed by atoms with van der Waals surface area (Å²) in [6.07, 6.45) is 0.222. The van der Waals surface area contributed by atoms with E-state index in [1.807, 2.05) is 0 Å². The van der Waals surface area contributed by atoms with Crippen molar-refractivity contribution in [3.05, 3.63) is 0 Å². The molecule has 0 aromatic carbocycles. The number of halogens is 1. The highest BCUT2D eigenvalue weighted by molar-refractivity contribution is 7.79. The Hall–Kier alpha value is -0.730. The van der Waals surface area contributed by atoms with Crippen LogP contribution in [0.15, 0.2) is 0 Å². The van der Waals surface area contributed by atoms with E-state index < -0.39 is 16.4 Å². The maximum atomic E-state index is 9.37. The minimum Gasteiger partial charge on any atom is -0.481 e. The molecular weight excluding hydrogens is 183 g/mol. The number of carbonyl (C=O) groups is 1. The molecule has 0 saturated carbocycles. The summed E-state index contributed by atoms with van der Waals surface area (Å²) in [4.78, 5) is 9.37. The summed E-state index contributed by atoms with van der Waals surface area (Å²) in [6, 6.07) is 0. The summed E-state index contributed by atoms with van der Waals surface area (Å²) in [5.74, 6) is -0.745. The average molecular weight is 192 g/mol. The van der Waals surface area contributed by atoms with Crippen molar-refractivity contribution in [2.24, 2.45) is 0 Å². The third-order valence-corrected chi connectivity index (χ3v) is 0.302. The van der Waals surface area contributed by atoms with Gasteiger partial charge in [0.25, 0.3) is 0 Å². The molecule has 0 radical (unpaired) electrons. The van der Waals surface area contributed by atoms with Gasteiger partial charge in [-0.25, -0.2) is 0 Å². The van der Waals surface area contributed by atoms with E-state index in [9.17, 15) is 4.79 Å². The molecule has 0 aromatic rings. The van der Waals surface area contributed by atoms with Gasteiger partial charge in [0.05, 0.1) is 0 Å². The first-order valence-electron chi connectivity index (χ1n) is 2.19. The molecule has 0 fully saturated rings. The lowest BCUT2D eigenvalue weighted by Gasteiger charge is -1.71. The second-order valence-corrected chi connectivity index (χ2v) is 2.09. The Bertz CT molecular complexity index is 176. The Labute approximate surface area is 62.8 Å². The van der Waals surface area contributed by atoms with Crippen LogP contribution in [0.5, 0.6) is 0 Å². The quantitative estimate of drug-likeness (QED) is 0.503. The van der Waals surface area contributed by atoms with Crippen molar-refractivity contribution in [2.75, 3.05) is 0 Å². The molecule has 8 heteroatoms. The van der Waals surface area contributed by atoms with Gasteiger partial charge in [-0.1, -0.05) is 6.92 Å². The van der Waals surface area contributed by atoms with Crippen LogP contribution in [-0.4, -0.2) is 28.6 Å². The third kappa shape index (κ3) is 304. The lowest BCUT2D eigenvalue weighted by atomic mass is 10.5. The molecule has 0 aliphatic carbocycles. The minimum atomic E-state index is -4.67. The Morgan fingerprint density at radius 3 is 1.45 bits per heavy atom. The zero-order chi connectivity index (χ0) is 8.78. The Morgan fingerprint density at radius 1 is 1.36 bits per heavy atom. The number of aliphatic carboxylic acids is 1. The van der Waals surface area contributed by atoms with Crippen LogP contribution in [0.1, 0.15) is 13.3 Å². The van der Waals surface area contributed by atoms with Crippen molar-refractivity contribution in [3.63, 3.8) is 0 Å². The molecule has 0 bridgehead atoms. The highest BCUT2D eigenvalue weighted by Crippen LogP contribution is 1.67. The van der Waals surface area contributed by atoms with Crippen LogP contribution in [0.2, 0.25) is 0 Å². The molecule has 0 unspecified atom stereocenters. The van der Waals surface area contributed by atoms with E-state index in [2.05, 4.69) is 0 Å². The van der Waals surface area contributed by atoms with Gasteiger partial charge in [0.15, 0.2) is 0 Å². The SMILES string of the molecule is CCC(=O)O.F.O=S(=O)(O)O. The summed E-state index contributed by atoms with van der Waals surface area (Å²) < 4.78 is 31.6. The molecule has 0 aliphatic rings. The molecular formula is C3H9FO6S. The summed E-state index contributed by atoms with van der Waals surface area (Å²) in [7, 11) is -4.67. The first kappa shape index (κ1) is 16.7. The molecule has 0 rings (SSSR count). The lowest BCUT2D eigenvalue weighted by molar-refractivity contribution is -0.136. The van der Waals surface area contributed by atoms with Gasteiger partial charge in [-0.05, 0) is 0 Å². The summed E-state index contributed by atoms with van der Waals surface area (Å²) in [5, 5.41) is 7.72. The van der Waals surface area contributed by atoms with Gasteiger partial charge < -0.3 is 5.11 Å². The maximum Gasteiger partial charge on any atom is 0.394 e. The van der Waals surface area contributed by atoms with E-state index >= 15 is 0 Å². The summed E-state index contributed by atoms with van der Waals surface area (Å²) in [6.45, 7) is 1.60.